The van der Waals surface area contributed by atoms with Gasteiger partial charge in [-0.15, -0.1) is 0 Å². The molecule has 16 heteroatoms. The molecule has 0 aliphatic carbocycles. The molecule has 0 heterocycles. The second kappa shape index (κ2) is 7.05. The molecule has 0 rings (SSSR count). The number of alkyl halides is 12. The van der Waals surface area contributed by atoms with Crippen molar-refractivity contribution >= 4 is 5.97 Å². The second-order valence-electron chi connectivity index (χ2n) is 4.08. The number of hydrogen-bond donors (Lipinski definition) is 0. The first-order chi connectivity index (χ1) is 10.8. The van der Waals surface area contributed by atoms with E-state index in [1.54, 1.807) is 0 Å². The van der Waals surface area contributed by atoms with Gasteiger partial charge in [0, 0.05) is 0 Å². The molecule has 0 amide bonds. The predicted molar refractivity (Wildman–Crippen MR) is 49.8 cm³/mol. The Morgan fingerprint density at radius 3 is 1.60 bits per heavy atom. The highest BCUT2D eigenvalue weighted by molar-refractivity contribution is 5.75. The van der Waals surface area contributed by atoms with Crippen molar-refractivity contribution < 1.29 is 71.7 Å². The van der Waals surface area contributed by atoms with E-state index in [4.69, 9.17) is 0 Å². The van der Waals surface area contributed by atoms with Crippen molar-refractivity contribution in [1.82, 2.24) is 0 Å². The summed E-state index contributed by atoms with van der Waals surface area (Å²) < 4.78 is 158. The maximum atomic E-state index is 13.5. The van der Waals surface area contributed by atoms with E-state index in [1.807, 2.05) is 0 Å². The molecule has 0 saturated carbocycles. The molecule has 0 aliphatic rings. The number of carbonyl (C=O) groups excluding carboxylic acids is 1. The number of esters is 1. The molecule has 2 unspecified atom stereocenters. The topological polar surface area (TPSA) is 44.8 Å². The third kappa shape index (κ3) is 5.79. The molecule has 25 heavy (non-hydrogen) atoms. The Hall–Kier alpha value is -1.45. The molecule has 0 aromatic heterocycles. The molecule has 0 saturated heterocycles. The highest BCUT2D eigenvalue weighted by Gasteiger charge is 2.76. The standard InChI is InChI=1S/C9H6F12O4/c1-23-4(22)3(6(13,14)15)25-9(20,21)7(16,8(17,18)19)24-2-5(10,11)12/h3H,2H2,1H3. The first-order valence-electron chi connectivity index (χ1n) is 5.45. The Balaban J connectivity index is 5.86. The minimum Gasteiger partial charge on any atom is -0.467 e. The van der Waals surface area contributed by atoms with Gasteiger partial charge in [-0.1, -0.05) is 0 Å². The van der Waals surface area contributed by atoms with Gasteiger partial charge in [0.1, 0.15) is 6.61 Å². The van der Waals surface area contributed by atoms with Crippen molar-refractivity contribution in [2.45, 2.75) is 36.6 Å². The molecule has 0 N–H and O–H groups in total. The highest BCUT2D eigenvalue weighted by atomic mass is 19.4. The van der Waals surface area contributed by atoms with Gasteiger partial charge in [-0.25, -0.2) is 4.79 Å². The molecule has 0 aliphatic heterocycles. The number of carbonyl (C=O) groups is 1. The van der Waals surface area contributed by atoms with Gasteiger partial charge in [-0.2, -0.15) is 52.7 Å². The minimum atomic E-state index is -6.98. The van der Waals surface area contributed by atoms with Gasteiger partial charge in [0.05, 0.1) is 7.11 Å². The number of hydrogen-bond acceptors (Lipinski definition) is 4. The van der Waals surface area contributed by atoms with Gasteiger partial charge < -0.3 is 9.47 Å². The summed E-state index contributed by atoms with van der Waals surface area (Å²) in [6, 6.07) is 0. The third-order valence-electron chi connectivity index (χ3n) is 2.15. The Morgan fingerprint density at radius 1 is 0.880 bits per heavy atom. The molecule has 0 bridgehead atoms. The molecule has 0 spiro atoms. The number of ether oxygens (including phenoxy) is 3. The largest absolute Gasteiger partial charge is 0.467 e. The van der Waals surface area contributed by atoms with Crippen LogP contribution in [0.1, 0.15) is 0 Å². The van der Waals surface area contributed by atoms with Gasteiger partial charge in [-0.05, 0) is 0 Å². The summed E-state index contributed by atoms with van der Waals surface area (Å²) >= 11 is 0. The normalized spacial score (nSPS) is 17.8. The summed E-state index contributed by atoms with van der Waals surface area (Å²) in [7, 11) is 0.190. The molecule has 0 aromatic rings. The highest BCUT2D eigenvalue weighted by Crippen LogP contribution is 2.49. The summed E-state index contributed by atoms with van der Waals surface area (Å²) in [5, 5.41) is 0. The van der Waals surface area contributed by atoms with Crippen molar-refractivity contribution in [2.24, 2.45) is 0 Å². The van der Waals surface area contributed by atoms with Crippen LogP contribution in [0, 0.1) is 0 Å². The molecule has 0 radical (unpaired) electrons. The average Bonchev–Trinajstić information content (AvgIpc) is 2.37. The van der Waals surface area contributed by atoms with Gasteiger partial charge in [0.2, 0.25) is 0 Å². The summed E-state index contributed by atoms with van der Waals surface area (Å²) in [5.74, 6) is -9.37. The van der Waals surface area contributed by atoms with E-state index in [-0.39, 0.29) is 7.11 Å². The lowest BCUT2D eigenvalue weighted by Crippen LogP contribution is -2.62. The lowest BCUT2D eigenvalue weighted by Gasteiger charge is -2.35. The Kier molecular flexibility index (Phi) is 6.64. The number of methoxy groups -OCH3 is 1. The fourth-order valence-electron chi connectivity index (χ4n) is 1.09. The molecular weight excluding hydrogens is 400 g/mol. The van der Waals surface area contributed by atoms with Crippen LogP contribution in [-0.4, -0.2) is 56.3 Å². The molecule has 150 valence electrons. The molecular formula is C9H6F12O4. The van der Waals surface area contributed by atoms with Crippen molar-refractivity contribution in [2.75, 3.05) is 13.7 Å². The molecule has 4 nitrogen and oxygen atoms in total. The van der Waals surface area contributed by atoms with Crippen LogP contribution >= 0.6 is 0 Å². The van der Waals surface area contributed by atoms with Gasteiger partial charge in [0.15, 0.2) is 0 Å². The molecule has 2 atom stereocenters. The number of halogens is 12. The lowest BCUT2D eigenvalue weighted by atomic mass is 10.2. The van der Waals surface area contributed by atoms with Gasteiger partial charge >= 0.3 is 36.5 Å². The van der Waals surface area contributed by atoms with Gasteiger partial charge in [-0.3, -0.25) is 4.74 Å². The first kappa shape index (κ1) is 23.5. The fraction of sp³-hybridized carbons (Fsp3) is 0.889. The summed E-state index contributed by atoms with van der Waals surface area (Å²) in [5.41, 5.74) is 0. The van der Waals surface area contributed by atoms with Crippen molar-refractivity contribution in [3.8, 4) is 0 Å². The number of rotatable bonds is 6. The molecule has 0 fully saturated rings. The third-order valence-corrected chi connectivity index (χ3v) is 2.15. The van der Waals surface area contributed by atoms with E-state index in [0.717, 1.165) is 0 Å². The Labute approximate surface area is 129 Å². The van der Waals surface area contributed by atoms with Crippen LogP contribution in [0.5, 0.6) is 0 Å². The van der Waals surface area contributed by atoms with Crippen molar-refractivity contribution in [1.29, 1.82) is 0 Å². The maximum Gasteiger partial charge on any atom is 0.457 e. The van der Waals surface area contributed by atoms with E-state index >= 15 is 0 Å². The van der Waals surface area contributed by atoms with Crippen LogP contribution in [0.25, 0.3) is 0 Å². The monoisotopic (exact) mass is 406 g/mol. The minimum absolute atomic E-state index is 0.190. The SMILES string of the molecule is COC(=O)C(OC(F)(F)C(F)(OCC(F)(F)F)C(F)(F)F)C(F)(F)F. The quantitative estimate of drug-likeness (QED) is 0.501. The average molecular weight is 406 g/mol. The van der Waals surface area contributed by atoms with Crippen LogP contribution in [0.2, 0.25) is 0 Å². The van der Waals surface area contributed by atoms with Crippen LogP contribution in [0.4, 0.5) is 52.7 Å². The van der Waals surface area contributed by atoms with Crippen molar-refractivity contribution in [3.05, 3.63) is 0 Å². The van der Waals surface area contributed by atoms with E-state index in [2.05, 4.69) is 14.2 Å². The zero-order valence-electron chi connectivity index (χ0n) is 11.5. The van der Waals surface area contributed by atoms with E-state index in [1.165, 1.54) is 0 Å². The predicted octanol–water partition coefficient (Wildman–Crippen LogP) is 3.51. The summed E-state index contributed by atoms with van der Waals surface area (Å²) in [6.07, 6.45) is -30.0. The zero-order valence-corrected chi connectivity index (χ0v) is 11.5. The first-order valence-corrected chi connectivity index (χ1v) is 5.45. The summed E-state index contributed by atoms with van der Waals surface area (Å²) in [6.45, 7) is -3.25. The second-order valence-corrected chi connectivity index (χ2v) is 4.08. The summed E-state index contributed by atoms with van der Waals surface area (Å²) in [4.78, 5) is 10.7. The Bertz CT molecular complexity index is 467. The van der Waals surface area contributed by atoms with E-state index in [0.29, 0.717) is 0 Å². The smallest absolute Gasteiger partial charge is 0.457 e. The van der Waals surface area contributed by atoms with Crippen LogP contribution in [0.3, 0.4) is 0 Å². The van der Waals surface area contributed by atoms with Crippen LogP contribution in [-0.2, 0) is 19.0 Å². The fourth-order valence-corrected chi connectivity index (χ4v) is 1.09. The zero-order chi connectivity index (χ0) is 20.5. The van der Waals surface area contributed by atoms with Crippen molar-refractivity contribution in [3.63, 3.8) is 0 Å². The van der Waals surface area contributed by atoms with Gasteiger partial charge in [0.25, 0.3) is 6.10 Å². The van der Waals surface area contributed by atoms with E-state index < -0.39 is 49.2 Å². The van der Waals surface area contributed by atoms with Crippen LogP contribution in [0.15, 0.2) is 0 Å². The lowest BCUT2D eigenvalue weighted by molar-refractivity contribution is -0.477. The van der Waals surface area contributed by atoms with E-state index in [9.17, 15) is 57.5 Å². The molecule has 0 aromatic carbocycles. The van der Waals surface area contributed by atoms with Crippen LogP contribution < -0.4 is 0 Å². The maximum absolute atomic E-state index is 13.5. The Morgan fingerprint density at radius 2 is 1.32 bits per heavy atom.